The van der Waals surface area contributed by atoms with Crippen molar-refractivity contribution in [2.75, 3.05) is 7.11 Å². The number of methoxy groups -OCH3 is 1. The van der Waals surface area contributed by atoms with Gasteiger partial charge >= 0.3 is 0 Å². The summed E-state index contributed by atoms with van der Waals surface area (Å²) < 4.78 is 18.9. The van der Waals surface area contributed by atoms with E-state index >= 15 is 0 Å². The van der Waals surface area contributed by atoms with Crippen molar-refractivity contribution < 1.29 is 9.13 Å². The van der Waals surface area contributed by atoms with Crippen LogP contribution in [0, 0.1) is 9.39 Å². The van der Waals surface area contributed by atoms with E-state index < -0.39 is 0 Å². The van der Waals surface area contributed by atoms with Gasteiger partial charge in [-0.25, -0.2) is 4.39 Å². The summed E-state index contributed by atoms with van der Waals surface area (Å²) in [5.74, 6) is -0.390. The number of rotatable bonds is 2. The van der Waals surface area contributed by atoms with Crippen LogP contribution < -0.4 is 0 Å². The smallest absolute Gasteiger partial charge is 0.147 e. The van der Waals surface area contributed by atoms with E-state index in [1.165, 1.54) is 7.11 Å². The maximum Gasteiger partial charge on any atom is 0.147 e. The highest BCUT2D eigenvalue weighted by atomic mass is 127. The Morgan fingerprint density at radius 2 is 2.25 bits per heavy atom. The van der Waals surface area contributed by atoms with Crippen LogP contribution in [0.4, 0.5) is 4.39 Å². The lowest BCUT2D eigenvalue weighted by atomic mass is 10.2. The minimum absolute atomic E-state index is 0.147. The highest BCUT2D eigenvalue weighted by molar-refractivity contribution is 14.1. The van der Waals surface area contributed by atoms with Gasteiger partial charge in [0.2, 0.25) is 0 Å². The molecule has 0 aliphatic rings. The first-order valence-electron chi connectivity index (χ1n) is 3.27. The molecule has 0 aromatic heterocycles. The highest BCUT2D eigenvalue weighted by Gasteiger charge is 2.07. The van der Waals surface area contributed by atoms with Crippen LogP contribution in [-0.2, 0) is 11.3 Å². The van der Waals surface area contributed by atoms with Gasteiger partial charge in [0.1, 0.15) is 5.82 Å². The van der Waals surface area contributed by atoms with Crippen LogP contribution >= 0.6 is 34.2 Å². The maximum atomic E-state index is 13.2. The van der Waals surface area contributed by atoms with Crippen molar-refractivity contribution >= 4 is 34.2 Å². The van der Waals surface area contributed by atoms with Crippen LogP contribution in [0.1, 0.15) is 5.56 Å². The molecule has 0 saturated carbocycles. The fourth-order valence-electron chi connectivity index (χ4n) is 0.870. The summed E-state index contributed by atoms with van der Waals surface area (Å²) in [5, 5.41) is 0.147. The second kappa shape index (κ2) is 4.39. The molecule has 0 amide bonds. The highest BCUT2D eigenvalue weighted by Crippen LogP contribution is 2.22. The zero-order valence-corrected chi connectivity index (χ0v) is 9.32. The SMILES string of the molecule is COCc1cc(I)cc(Cl)c1F. The maximum absolute atomic E-state index is 13.2. The average molecular weight is 300 g/mol. The molecule has 1 rings (SSSR count). The van der Waals surface area contributed by atoms with Crippen molar-refractivity contribution in [2.45, 2.75) is 6.61 Å². The van der Waals surface area contributed by atoms with Gasteiger partial charge in [-0.1, -0.05) is 11.6 Å². The van der Waals surface area contributed by atoms with Crippen LogP contribution in [0.5, 0.6) is 0 Å². The van der Waals surface area contributed by atoms with Crippen LogP contribution in [0.3, 0.4) is 0 Å². The van der Waals surface area contributed by atoms with Crippen LogP contribution in [0.2, 0.25) is 5.02 Å². The molecule has 0 atom stereocenters. The lowest BCUT2D eigenvalue weighted by Gasteiger charge is -2.03. The summed E-state index contributed by atoms with van der Waals surface area (Å²) >= 11 is 7.70. The molecule has 0 heterocycles. The number of hydrogen-bond acceptors (Lipinski definition) is 1. The van der Waals surface area contributed by atoms with Gasteiger partial charge in [-0.05, 0) is 34.7 Å². The van der Waals surface area contributed by atoms with Crippen molar-refractivity contribution in [3.63, 3.8) is 0 Å². The average Bonchev–Trinajstić information content (AvgIpc) is 2.00. The predicted molar refractivity (Wildman–Crippen MR) is 54.8 cm³/mol. The third-order valence-electron chi connectivity index (χ3n) is 1.37. The van der Waals surface area contributed by atoms with E-state index in [4.69, 9.17) is 16.3 Å². The Labute approximate surface area is 89.0 Å². The Kier molecular flexibility index (Phi) is 3.74. The van der Waals surface area contributed by atoms with E-state index in [1.807, 2.05) is 0 Å². The molecule has 0 saturated heterocycles. The van der Waals surface area contributed by atoms with E-state index in [0.717, 1.165) is 3.57 Å². The summed E-state index contributed by atoms with van der Waals surface area (Å²) in [5.41, 5.74) is 0.495. The zero-order valence-electron chi connectivity index (χ0n) is 6.40. The van der Waals surface area contributed by atoms with Gasteiger partial charge in [0, 0.05) is 16.2 Å². The van der Waals surface area contributed by atoms with Crippen LogP contribution in [0.15, 0.2) is 12.1 Å². The molecular formula is C8H7ClFIO. The first kappa shape index (κ1) is 10.2. The second-order valence-corrected chi connectivity index (χ2v) is 3.95. The summed E-state index contributed by atoms with van der Waals surface area (Å²) in [6, 6.07) is 3.29. The predicted octanol–water partition coefficient (Wildman–Crippen LogP) is 3.23. The topological polar surface area (TPSA) is 9.23 Å². The molecule has 1 nitrogen and oxygen atoms in total. The van der Waals surface area contributed by atoms with Gasteiger partial charge < -0.3 is 4.74 Å². The number of ether oxygens (including phenoxy) is 1. The van der Waals surface area contributed by atoms with Crippen molar-refractivity contribution in [3.8, 4) is 0 Å². The molecule has 0 N–H and O–H groups in total. The third-order valence-corrected chi connectivity index (χ3v) is 2.27. The second-order valence-electron chi connectivity index (χ2n) is 2.29. The van der Waals surface area contributed by atoms with Gasteiger partial charge in [-0.3, -0.25) is 0 Å². The summed E-state index contributed by atoms with van der Waals surface area (Å²) in [7, 11) is 1.52. The largest absolute Gasteiger partial charge is 0.380 e. The third kappa shape index (κ3) is 2.31. The monoisotopic (exact) mass is 300 g/mol. The van der Waals surface area contributed by atoms with Crippen molar-refractivity contribution in [1.29, 1.82) is 0 Å². The molecule has 0 aliphatic heterocycles. The first-order chi connectivity index (χ1) is 5.65. The fraction of sp³-hybridized carbons (Fsp3) is 0.250. The fourth-order valence-corrected chi connectivity index (χ4v) is 1.98. The molecule has 0 spiro atoms. The Balaban J connectivity index is 3.09. The Morgan fingerprint density at radius 3 is 2.83 bits per heavy atom. The van der Waals surface area contributed by atoms with Gasteiger partial charge in [0.05, 0.1) is 11.6 Å². The lowest BCUT2D eigenvalue weighted by molar-refractivity contribution is 0.181. The van der Waals surface area contributed by atoms with E-state index in [-0.39, 0.29) is 17.4 Å². The molecule has 0 fully saturated rings. The van der Waals surface area contributed by atoms with Gasteiger partial charge in [0.25, 0.3) is 0 Å². The number of hydrogen-bond donors (Lipinski definition) is 0. The van der Waals surface area contributed by atoms with E-state index in [9.17, 15) is 4.39 Å². The molecular weight excluding hydrogens is 293 g/mol. The minimum atomic E-state index is -0.390. The molecule has 66 valence electrons. The quantitative estimate of drug-likeness (QED) is 0.602. The normalized spacial score (nSPS) is 10.3. The van der Waals surface area contributed by atoms with E-state index in [1.54, 1.807) is 12.1 Å². The molecule has 12 heavy (non-hydrogen) atoms. The van der Waals surface area contributed by atoms with Crippen molar-refractivity contribution in [1.82, 2.24) is 0 Å². The Morgan fingerprint density at radius 1 is 1.58 bits per heavy atom. The molecule has 4 heteroatoms. The molecule has 0 bridgehead atoms. The number of benzene rings is 1. The number of halogens is 3. The van der Waals surface area contributed by atoms with Crippen molar-refractivity contribution in [3.05, 3.63) is 32.1 Å². The Bertz CT molecular complexity index is 291. The molecule has 0 aliphatic carbocycles. The van der Waals surface area contributed by atoms with E-state index in [2.05, 4.69) is 22.6 Å². The van der Waals surface area contributed by atoms with Crippen molar-refractivity contribution in [2.24, 2.45) is 0 Å². The first-order valence-corrected chi connectivity index (χ1v) is 4.73. The summed E-state index contributed by atoms with van der Waals surface area (Å²) in [4.78, 5) is 0. The van der Waals surface area contributed by atoms with Crippen LogP contribution in [0.25, 0.3) is 0 Å². The summed E-state index contributed by atoms with van der Waals surface area (Å²) in [6.45, 7) is 0.252. The minimum Gasteiger partial charge on any atom is -0.380 e. The van der Waals surface area contributed by atoms with Gasteiger partial charge in [0.15, 0.2) is 0 Å². The molecule has 0 unspecified atom stereocenters. The Hall–Kier alpha value is 0.130. The standard InChI is InChI=1S/C8H7ClFIO/c1-12-4-5-2-6(11)3-7(9)8(5)10/h2-3H,4H2,1H3. The van der Waals surface area contributed by atoms with Gasteiger partial charge in [-0.15, -0.1) is 0 Å². The zero-order chi connectivity index (χ0) is 9.14. The van der Waals surface area contributed by atoms with Crippen LogP contribution in [-0.4, -0.2) is 7.11 Å². The van der Waals surface area contributed by atoms with Gasteiger partial charge in [-0.2, -0.15) is 0 Å². The molecule has 1 aromatic carbocycles. The lowest BCUT2D eigenvalue weighted by Crippen LogP contribution is -1.94. The molecule has 0 radical (unpaired) electrons. The van der Waals surface area contributed by atoms with E-state index in [0.29, 0.717) is 5.56 Å². The molecule has 1 aromatic rings. The summed E-state index contributed by atoms with van der Waals surface area (Å²) in [6.07, 6.45) is 0.